The highest BCUT2D eigenvalue weighted by molar-refractivity contribution is 5.95. The molecule has 0 bridgehead atoms. The number of carboxylic acid groups (broad SMARTS) is 1. The van der Waals surface area contributed by atoms with E-state index in [0.29, 0.717) is 29.9 Å². The molecule has 2 heterocycles. The van der Waals surface area contributed by atoms with E-state index >= 15 is 0 Å². The first-order valence-electron chi connectivity index (χ1n) is 6.32. The van der Waals surface area contributed by atoms with E-state index in [1.54, 1.807) is 24.8 Å². The predicted molar refractivity (Wildman–Crippen MR) is 67.8 cm³/mol. The fourth-order valence-electron chi connectivity index (χ4n) is 2.30. The van der Waals surface area contributed by atoms with Gasteiger partial charge in [0.05, 0.1) is 22.9 Å². The Balaban J connectivity index is 2.19. The maximum Gasteiger partial charge on any atom is 0.308 e. The van der Waals surface area contributed by atoms with Crippen LogP contribution in [0.3, 0.4) is 0 Å². The number of aromatic nitrogens is 2. The fourth-order valence-corrected chi connectivity index (χ4v) is 2.30. The van der Waals surface area contributed by atoms with E-state index in [2.05, 4.69) is 10.2 Å². The van der Waals surface area contributed by atoms with Crippen LogP contribution in [0.5, 0.6) is 0 Å². The van der Waals surface area contributed by atoms with Crippen molar-refractivity contribution >= 4 is 11.9 Å². The molecule has 1 aromatic rings. The summed E-state index contributed by atoms with van der Waals surface area (Å²) in [5, 5.41) is 16.9. The number of carbonyl (C=O) groups excluding carboxylic acids is 1. The first-order chi connectivity index (χ1) is 8.99. The lowest BCUT2D eigenvalue weighted by atomic mass is 9.97. The zero-order chi connectivity index (χ0) is 14.0. The summed E-state index contributed by atoms with van der Waals surface area (Å²) >= 11 is 0. The number of rotatable bonds is 2. The molecule has 0 aliphatic carbocycles. The first kappa shape index (κ1) is 13.5. The molecule has 0 aromatic carbocycles. The molecule has 1 aromatic heterocycles. The van der Waals surface area contributed by atoms with Gasteiger partial charge in [0.15, 0.2) is 0 Å². The van der Waals surface area contributed by atoms with Crippen molar-refractivity contribution < 1.29 is 14.7 Å². The van der Waals surface area contributed by atoms with Crippen LogP contribution in [0.4, 0.5) is 0 Å². The minimum atomic E-state index is -0.835. The SMILES string of the molecule is Cc1cc(C(=O)N2CCCC(C(=O)O)C2)c(C)nn1. The molecule has 19 heavy (non-hydrogen) atoms. The first-order valence-corrected chi connectivity index (χ1v) is 6.32. The largest absolute Gasteiger partial charge is 0.481 e. The molecule has 0 saturated carbocycles. The molecule has 0 spiro atoms. The van der Waals surface area contributed by atoms with Gasteiger partial charge in [-0.3, -0.25) is 9.59 Å². The van der Waals surface area contributed by atoms with E-state index in [1.807, 2.05) is 0 Å². The van der Waals surface area contributed by atoms with E-state index < -0.39 is 11.9 Å². The highest BCUT2D eigenvalue weighted by atomic mass is 16.4. The predicted octanol–water partition coefficient (Wildman–Crippen LogP) is 1.03. The van der Waals surface area contributed by atoms with Gasteiger partial charge in [0.1, 0.15) is 0 Å². The summed E-state index contributed by atoms with van der Waals surface area (Å²) in [6.45, 7) is 4.39. The molecule has 1 unspecified atom stereocenters. The van der Waals surface area contributed by atoms with Crippen molar-refractivity contribution in [2.75, 3.05) is 13.1 Å². The van der Waals surface area contributed by atoms with Crippen LogP contribution in [0, 0.1) is 19.8 Å². The number of hydrogen-bond donors (Lipinski definition) is 1. The average molecular weight is 263 g/mol. The van der Waals surface area contributed by atoms with E-state index in [0.717, 1.165) is 6.42 Å². The van der Waals surface area contributed by atoms with Crippen molar-refractivity contribution in [1.29, 1.82) is 0 Å². The summed E-state index contributed by atoms with van der Waals surface area (Å²) in [5.41, 5.74) is 1.77. The average Bonchev–Trinajstić information content (AvgIpc) is 2.41. The van der Waals surface area contributed by atoms with Crippen molar-refractivity contribution in [3.8, 4) is 0 Å². The smallest absolute Gasteiger partial charge is 0.308 e. The van der Waals surface area contributed by atoms with E-state index in [-0.39, 0.29) is 12.5 Å². The Kier molecular flexibility index (Phi) is 3.78. The number of hydrogen-bond acceptors (Lipinski definition) is 4. The van der Waals surface area contributed by atoms with Gasteiger partial charge < -0.3 is 10.0 Å². The van der Waals surface area contributed by atoms with Gasteiger partial charge in [-0.1, -0.05) is 0 Å². The minimum Gasteiger partial charge on any atom is -0.481 e. The van der Waals surface area contributed by atoms with Crippen molar-refractivity contribution in [2.45, 2.75) is 26.7 Å². The molecule has 102 valence electrons. The third kappa shape index (κ3) is 2.89. The van der Waals surface area contributed by atoms with Crippen molar-refractivity contribution in [3.05, 3.63) is 23.0 Å². The molecule has 1 atom stereocenters. The maximum absolute atomic E-state index is 12.4. The second kappa shape index (κ2) is 5.34. The van der Waals surface area contributed by atoms with E-state index in [9.17, 15) is 9.59 Å². The Morgan fingerprint density at radius 1 is 1.37 bits per heavy atom. The lowest BCUT2D eigenvalue weighted by Crippen LogP contribution is -2.42. The third-order valence-corrected chi connectivity index (χ3v) is 3.39. The monoisotopic (exact) mass is 263 g/mol. The molecule has 1 fully saturated rings. The van der Waals surface area contributed by atoms with Crippen LogP contribution >= 0.6 is 0 Å². The summed E-state index contributed by atoms with van der Waals surface area (Å²) < 4.78 is 0. The topological polar surface area (TPSA) is 83.4 Å². The normalized spacial score (nSPS) is 19.3. The Morgan fingerprint density at radius 2 is 2.11 bits per heavy atom. The molecular formula is C13H17N3O3. The van der Waals surface area contributed by atoms with Crippen LogP contribution in [0.25, 0.3) is 0 Å². The van der Waals surface area contributed by atoms with Gasteiger partial charge in [0.2, 0.25) is 0 Å². The molecule has 6 heteroatoms. The number of nitrogens with zero attached hydrogens (tertiary/aromatic N) is 3. The third-order valence-electron chi connectivity index (χ3n) is 3.39. The second-order valence-electron chi connectivity index (χ2n) is 4.91. The fraction of sp³-hybridized carbons (Fsp3) is 0.538. The van der Waals surface area contributed by atoms with Gasteiger partial charge in [0.25, 0.3) is 5.91 Å². The zero-order valence-corrected chi connectivity index (χ0v) is 11.1. The Hall–Kier alpha value is -1.98. The summed E-state index contributed by atoms with van der Waals surface area (Å²) in [6, 6.07) is 1.70. The molecular weight excluding hydrogens is 246 g/mol. The number of carbonyl (C=O) groups is 2. The van der Waals surface area contributed by atoms with Gasteiger partial charge >= 0.3 is 5.97 Å². The summed E-state index contributed by atoms with van der Waals surface area (Å²) in [4.78, 5) is 25.0. The van der Waals surface area contributed by atoms with E-state index in [4.69, 9.17) is 5.11 Å². The van der Waals surface area contributed by atoms with Crippen LogP contribution in [-0.2, 0) is 4.79 Å². The minimum absolute atomic E-state index is 0.151. The zero-order valence-electron chi connectivity index (χ0n) is 11.1. The number of piperidine rings is 1. The maximum atomic E-state index is 12.4. The van der Waals surface area contributed by atoms with Crippen LogP contribution in [0.1, 0.15) is 34.6 Å². The molecule has 2 rings (SSSR count). The van der Waals surface area contributed by atoms with Gasteiger partial charge in [-0.2, -0.15) is 10.2 Å². The van der Waals surface area contributed by atoms with Gasteiger partial charge in [-0.05, 0) is 32.8 Å². The Morgan fingerprint density at radius 3 is 2.79 bits per heavy atom. The molecule has 6 nitrogen and oxygen atoms in total. The van der Waals surface area contributed by atoms with Crippen molar-refractivity contribution in [1.82, 2.24) is 15.1 Å². The van der Waals surface area contributed by atoms with Crippen molar-refractivity contribution in [3.63, 3.8) is 0 Å². The number of likely N-dealkylation sites (tertiary alicyclic amines) is 1. The summed E-state index contributed by atoms with van der Waals surface area (Å²) in [6.07, 6.45) is 1.35. The number of aliphatic carboxylic acids is 1. The number of aryl methyl sites for hydroxylation is 2. The molecule has 1 aliphatic heterocycles. The summed E-state index contributed by atoms with van der Waals surface area (Å²) in [5.74, 6) is -1.45. The molecule has 1 aliphatic rings. The lowest BCUT2D eigenvalue weighted by Gasteiger charge is -2.31. The highest BCUT2D eigenvalue weighted by Gasteiger charge is 2.29. The standard InChI is InChI=1S/C13H17N3O3/c1-8-6-11(9(2)15-14-8)12(17)16-5-3-4-10(7-16)13(18)19/h6,10H,3-5,7H2,1-2H3,(H,18,19). The van der Waals surface area contributed by atoms with Crippen LogP contribution in [-0.4, -0.2) is 45.2 Å². The van der Waals surface area contributed by atoms with Crippen LogP contribution in [0.2, 0.25) is 0 Å². The number of amides is 1. The van der Waals surface area contributed by atoms with E-state index in [1.165, 1.54) is 0 Å². The second-order valence-corrected chi connectivity index (χ2v) is 4.91. The van der Waals surface area contributed by atoms with Gasteiger partial charge in [-0.25, -0.2) is 0 Å². The highest BCUT2D eigenvalue weighted by Crippen LogP contribution is 2.19. The van der Waals surface area contributed by atoms with Crippen LogP contribution < -0.4 is 0 Å². The lowest BCUT2D eigenvalue weighted by molar-refractivity contribution is -0.143. The Labute approximate surface area is 111 Å². The molecule has 1 amide bonds. The van der Waals surface area contributed by atoms with Crippen molar-refractivity contribution in [2.24, 2.45) is 5.92 Å². The van der Waals surface area contributed by atoms with Gasteiger partial charge in [0, 0.05) is 13.1 Å². The van der Waals surface area contributed by atoms with Crippen LogP contribution in [0.15, 0.2) is 6.07 Å². The molecule has 1 N–H and O–H groups in total. The number of carboxylic acids is 1. The quantitative estimate of drug-likeness (QED) is 0.861. The molecule has 0 radical (unpaired) electrons. The molecule has 1 saturated heterocycles. The summed E-state index contributed by atoms with van der Waals surface area (Å²) in [7, 11) is 0. The van der Waals surface area contributed by atoms with Gasteiger partial charge in [-0.15, -0.1) is 0 Å². The Bertz CT molecular complexity index is 516.